The van der Waals surface area contributed by atoms with Gasteiger partial charge in [-0.05, 0) is 24.3 Å². The van der Waals surface area contributed by atoms with Gasteiger partial charge in [0.15, 0.2) is 12.4 Å². The molecule has 0 saturated carbocycles. The van der Waals surface area contributed by atoms with Gasteiger partial charge in [-0.3, -0.25) is 4.79 Å². The molecule has 0 aromatic carbocycles. The van der Waals surface area contributed by atoms with Gasteiger partial charge in [-0.25, -0.2) is 0 Å². The summed E-state index contributed by atoms with van der Waals surface area (Å²) >= 11 is 1.68. The highest BCUT2D eigenvalue weighted by atomic mass is 32.1. The molecule has 2 rings (SSSR count). The fourth-order valence-corrected chi connectivity index (χ4v) is 2.35. The van der Waals surface area contributed by atoms with E-state index in [0.29, 0.717) is 6.42 Å². The van der Waals surface area contributed by atoms with Crippen LogP contribution in [0.4, 0.5) is 11.9 Å². The van der Waals surface area contributed by atoms with Crippen molar-refractivity contribution in [1.82, 2.24) is 15.0 Å². The summed E-state index contributed by atoms with van der Waals surface area (Å²) in [4.78, 5) is 24.1. The second kappa shape index (κ2) is 6.80. The fourth-order valence-electron chi connectivity index (χ4n) is 1.60. The van der Waals surface area contributed by atoms with E-state index in [-0.39, 0.29) is 30.3 Å². The van der Waals surface area contributed by atoms with E-state index in [2.05, 4.69) is 15.0 Å². The molecule has 0 aliphatic carbocycles. The molecule has 2 aromatic heterocycles. The molecule has 20 heavy (non-hydrogen) atoms. The maximum absolute atomic E-state index is 11.6. The predicted molar refractivity (Wildman–Crippen MR) is 75.7 cm³/mol. The molecular formula is C12H15N5O2S. The summed E-state index contributed by atoms with van der Waals surface area (Å²) in [5.41, 5.74) is 10.8. The largest absolute Gasteiger partial charge is 0.457 e. The summed E-state index contributed by atoms with van der Waals surface area (Å²) in [6.45, 7) is -0.0469. The van der Waals surface area contributed by atoms with E-state index in [4.69, 9.17) is 16.2 Å². The number of rotatable bonds is 6. The molecule has 0 spiro atoms. The normalized spacial score (nSPS) is 10.4. The first kappa shape index (κ1) is 14.2. The number of carbonyl (C=O) groups is 1. The highest BCUT2D eigenvalue weighted by Crippen LogP contribution is 2.12. The first-order valence-electron chi connectivity index (χ1n) is 6.07. The number of hydrogen-bond donors (Lipinski definition) is 2. The third-order valence-electron chi connectivity index (χ3n) is 2.46. The van der Waals surface area contributed by atoms with Gasteiger partial charge < -0.3 is 16.2 Å². The first-order valence-corrected chi connectivity index (χ1v) is 6.95. The molecular weight excluding hydrogens is 278 g/mol. The van der Waals surface area contributed by atoms with Crippen molar-refractivity contribution in [1.29, 1.82) is 0 Å². The van der Waals surface area contributed by atoms with Gasteiger partial charge in [-0.1, -0.05) is 6.07 Å². The Morgan fingerprint density at radius 1 is 1.25 bits per heavy atom. The third-order valence-corrected chi connectivity index (χ3v) is 3.40. The van der Waals surface area contributed by atoms with Gasteiger partial charge in [0.25, 0.3) is 0 Å². The van der Waals surface area contributed by atoms with Crippen LogP contribution in [0.3, 0.4) is 0 Å². The molecule has 0 bridgehead atoms. The Labute approximate surface area is 120 Å². The van der Waals surface area contributed by atoms with Crippen LogP contribution in [-0.2, 0) is 22.6 Å². The van der Waals surface area contributed by atoms with E-state index in [0.717, 1.165) is 12.8 Å². The SMILES string of the molecule is Nc1nc(N)nc(COC(=O)CCCc2cccs2)n1. The predicted octanol–water partition coefficient (Wildman–Crippen LogP) is 1.16. The van der Waals surface area contributed by atoms with Crippen molar-refractivity contribution in [3.05, 3.63) is 28.2 Å². The second-order valence-electron chi connectivity index (χ2n) is 4.06. The lowest BCUT2D eigenvalue weighted by Crippen LogP contribution is -2.11. The highest BCUT2D eigenvalue weighted by Gasteiger charge is 2.07. The smallest absolute Gasteiger partial charge is 0.306 e. The summed E-state index contributed by atoms with van der Waals surface area (Å²) in [5.74, 6) is -0.0109. The number of nitrogens with two attached hydrogens (primary N) is 2. The zero-order valence-corrected chi connectivity index (χ0v) is 11.6. The number of thiophene rings is 1. The minimum atomic E-state index is -0.292. The Hall–Kier alpha value is -2.22. The molecule has 0 radical (unpaired) electrons. The number of nitrogen functional groups attached to an aromatic ring is 2. The molecule has 0 atom stereocenters. The van der Waals surface area contributed by atoms with Gasteiger partial charge in [0.1, 0.15) is 0 Å². The van der Waals surface area contributed by atoms with E-state index in [1.807, 2.05) is 17.5 Å². The Morgan fingerprint density at radius 3 is 2.65 bits per heavy atom. The van der Waals surface area contributed by atoms with Gasteiger partial charge in [0, 0.05) is 11.3 Å². The third kappa shape index (κ3) is 4.47. The van der Waals surface area contributed by atoms with Crippen molar-refractivity contribution in [2.75, 3.05) is 11.5 Å². The zero-order chi connectivity index (χ0) is 14.4. The summed E-state index contributed by atoms with van der Waals surface area (Å²) < 4.78 is 5.06. The molecule has 7 nitrogen and oxygen atoms in total. The van der Waals surface area contributed by atoms with Gasteiger partial charge in [-0.15, -0.1) is 11.3 Å². The molecule has 2 heterocycles. The van der Waals surface area contributed by atoms with Crippen LogP contribution >= 0.6 is 11.3 Å². The van der Waals surface area contributed by atoms with Crippen LogP contribution < -0.4 is 11.5 Å². The quantitative estimate of drug-likeness (QED) is 0.767. The number of carbonyl (C=O) groups excluding carboxylic acids is 1. The van der Waals surface area contributed by atoms with Gasteiger partial charge in [-0.2, -0.15) is 15.0 Å². The van der Waals surface area contributed by atoms with Crippen molar-refractivity contribution in [3.63, 3.8) is 0 Å². The minimum absolute atomic E-state index is 0.0150. The van der Waals surface area contributed by atoms with Crippen LogP contribution in [0, 0.1) is 0 Å². The second-order valence-corrected chi connectivity index (χ2v) is 5.09. The number of aromatic nitrogens is 3. The number of hydrogen-bond acceptors (Lipinski definition) is 8. The lowest BCUT2D eigenvalue weighted by atomic mass is 10.2. The van der Waals surface area contributed by atoms with Crippen molar-refractivity contribution in [3.8, 4) is 0 Å². The van der Waals surface area contributed by atoms with E-state index < -0.39 is 0 Å². The first-order chi connectivity index (χ1) is 9.63. The van der Waals surface area contributed by atoms with Crippen molar-refractivity contribution in [2.45, 2.75) is 25.9 Å². The Bertz CT molecular complexity index is 553. The van der Waals surface area contributed by atoms with Crippen LogP contribution in [0.5, 0.6) is 0 Å². The van der Waals surface area contributed by atoms with E-state index in [9.17, 15) is 4.79 Å². The van der Waals surface area contributed by atoms with Crippen molar-refractivity contribution in [2.24, 2.45) is 0 Å². The van der Waals surface area contributed by atoms with E-state index in [1.54, 1.807) is 11.3 Å². The average molecular weight is 293 g/mol. The van der Waals surface area contributed by atoms with Crippen LogP contribution in [0.25, 0.3) is 0 Å². The lowest BCUT2D eigenvalue weighted by molar-refractivity contribution is -0.145. The van der Waals surface area contributed by atoms with Gasteiger partial charge >= 0.3 is 5.97 Å². The van der Waals surface area contributed by atoms with Crippen LogP contribution in [-0.4, -0.2) is 20.9 Å². The average Bonchev–Trinajstić information content (AvgIpc) is 2.88. The van der Waals surface area contributed by atoms with Crippen LogP contribution in [0.15, 0.2) is 17.5 Å². The molecule has 0 unspecified atom stereocenters. The molecule has 8 heteroatoms. The van der Waals surface area contributed by atoms with E-state index >= 15 is 0 Å². The number of nitrogens with zero attached hydrogens (tertiary/aromatic N) is 3. The molecule has 0 saturated heterocycles. The maximum atomic E-state index is 11.6. The van der Waals surface area contributed by atoms with Crippen LogP contribution in [0.2, 0.25) is 0 Å². The Kier molecular flexibility index (Phi) is 4.83. The van der Waals surface area contributed by atoms with Crippen LogP contribution in [0.1, 0.15) is 23.5 Å². The zero-order valence-electron chi connectivity index (χ0n) is 10.8. The molecule has 4 N–H and O–H groups in total. The van der Waals surface area contributed by atoms with E-state index in [1.165, 1.54) is 4.88 Å². The number of aryl methyl sites for hydroxylation is 1. The molecule has 0 fully saturated rings. The summed E-state index contributed by atoms with van der Waals surface area (Å²) in [6, 6.07) is 4.04. The fraction of sp³-hybridized carbons (Fsp3) is 0.333. The molecule has 2 aromatic rings. The maximum Gasteiger partial charge on any atom is 0.306 e. The number of esters is 1. The summed E-state index contributed by atoms with van der Waals surface area (Å²) in [5, 5.41) is 2.02. The highest BCUT2D eigenvalue weighted by molar-refractivity contribution is 7.09. The Balaban J connectivity index is 1.72. The van der Waals surface area contributed by atoms with Crippen molar-refractivity contribution < 1.29 is 9.53 Å². The Morgan fingerprint density at radius 2 is 2.00 bits per heavy atom. The topological polar surface area (TPSA) is 117 Å². The molecule has 0 aliphatic heterocycles. The number of anilines is 2. The minimum Gasteiger partial charge on any atom is -0.457 e. The molecule has 0 amide bonds. The van der Waals surface area contributed by atoms with Crippen molar-refractivity contribution >= 4 is 29.2 Å². The monoisotopic (exact) mass is 293 g/mol. The lowest BCUT2D eigenvalue weighted by Gasteiger charge is -2.04. The summed E-state index contributed by atoms with van der Waals surface area (Å²) in [7, 11) is 0. The number of ether oxygens (including phenoxy) is 1. The molecule has 0 aliphatic rings. The standard InChI is InChI=1S/C12H15N5O2S/c13-11-15-9(16-12(14)17-11)7-19-10(18)5-1-3-8-4-2-6-20-8/h2,4,6H,1,3,5,7H2,(H4,13,14,15,16,17). The van der Waals surface area contributed by atoms with Gasteiger partial charge in [0.2, 0.25) is 11.9 Å². The summed E-state index contributed by atoms with van der Waals surface area (Å²) in [6.07, 6.45) is 1.98. The van der Waals surface area contributed by atoms with Gasteiger partial charge in [0.05, 0.1) is 0 Å². The molecule has 106 valence electrons.